The number of fused-ring (bicyclic) bond motifs is 2. The number of hydrogen-bond donors (Lipinski definition) is 0. The third-order valence-electron chi connectivity index (χ3n) is 10.7. The van der Waals surface area contributed by atoms with Crippen LogP contribution in [-0.2, 0) is 0 Å². The first-order valence-corrected chi connectivity index (χ1v) is 19.1. The van der Waals surface area contributed by atoms with Crippen LogP contribution < -0.4 is 4.90 Å². The first-order chi connectivity index (χ1) is 27.7. The second-order valence-corrected chi connectivity index (χ2v) is 14.2. The van der Waals surface area contributed by atoms with Crippen molar-refractivity contribution in [3.8, 4) is 55.8 Å². The van der Waals surface area contributed by atoms with Crippen LogP contribution in [0.15, 0.2) is 229 Å². The normalized spacial score (nSPS) is 11.2. The van der Waals surface area contributed by atoms with E-state index in [1.165, 1.54) is 44.2 Å². The molecule has 0 aliphatic rings. The third kappa shape index (κ3) is 6.55. The molecular formula is C54H37NO. The Hall–Kier alpha value is -7.42. The zero-order chi connectivity index (χ0) is 37.3. The van der Waals surface area contributed by atoms with E-state index in [9.17, 15) is 0 Å². The van der Waals surface area contributed by atoms with Gasteiger partial charge in [0.05, 0.1) is 0 Å². The van der Waals surface area contributed by atoms with Crippen LogP contribution >= 0.6 is 0 Å². The van der Waals surface area contributed by atoms with Gasteiger partial charge in [0, 0.05) is 28.0 Å². The Balaban J connectivity index is 1.00. The summed E-state index contributed by atoms with van der Waals surface area (Å²) in [6.45, 7) is 0. The lowest BCUT2D eigenvalue weighted by Gasteiger charge is -2.26. The molecule has 0 saturated heterocycles. The average Bonchev–Trinajstić information content (AvgIpc) is 3.72. The van der Waals surface area contributed by atoms with E-state index < -0.39 is 0 Å². The predicted octanol–water partition coefficient (Wildman–Crippen LogP) is 15.4. The molecule has 2 heteroatoms. The molecule has 10 rings (SSSR count). The molecule has 0 atom stereocenters. The monoisotopic (exact) mass is 715 g/mol. The van der Waals surface area contributed by atoms with Crippen molar-refractivity contribution in [3.05, 3.63) is 224 Å². The lowest BCUT2D eigenvalue weighted by atomic mass is 9.99. The predicted molar refractivity (Wildman–Crippen MR) is 236 cm³/mol. The summed E-state index contributed by atoms with van der Waals surface area (Å²) in [5, 5.41) is 3.59. The van der Waals surface area contributed by atoms with E-state index in [0.29, 0.717) is 0 Å². The summed E-state index contributed by atoms with van der Waals surface area (Å²) in [7, 11) is 0. The fourth-order valence-corrected chi connectivity index (χ4v) is 7.71. The number of furan rings is 1. The first-order valence-electron chi connectivity index (χ1n) is 19.1. The van der Waals surface area contributed by atoms with Crippen LogP contribution in [-0.4, -0.2) is 0 Å². The fraction of sp³-hybridized carbons (Fsp3) is 0. The molecular weight excluding hydrogens is 679 g/mol. The second kappa shape index (κ2) is 14.4. The Kier molecular flexibility index (Phi) is 8.55. The molecule has 1 heterocycles. The van der Waals surface area contributed by atoms with Gasteiger partial charge >= 0.3 is 0 Å². The molecule has 10 aromatic rings. The molecule has 0 saturated carbocycles. The van der Waals surface area contributed by atoms with Crippen LogP contribution in [0, 0.1) is 0 Å². The quantitative estimate of drug-likeness (QED) is 0.156. The lowest BCUT2D eigenvalue weighted by molar-refractivity contribution is 0.631. The van der Waals surface area contributed by atoms with Crippen LogP contribution in [0.25, 0.3) is 77.6 Å². The van der Waals surface area contributed by atoms with Gasteiger partial charge in [-0.15, -0.1) is 0 Å². The standard InChI is InChI=1S/C54H37NO/c1-2-10-38(11-3-1)40-20-22-41(23-21-40)42-26-30-50(31-27-42)55(52-18-9-16-46(36-52)47-25-24-39-12-4-5-13-44(39)34-47)51-32-28-43(29-33-51)45-15-8-17-48(35-45)54-37-49-14-6-7-19-53(49)56-54/h1-37H. The van der Waals surface area contributed by atoms with Crippen molar-refractivity contribution in [1.29, 1.82) is 0 Å². The molecule has 2 nitrogen and oxygen atoms in total. The van der Waals surface area contributed by atoms with E-state index in [1.54, 1.807) is 0 Å². The highest BCUT2D eigenvalue weighted by Gasteiger charge is 2.15. The van der Waals surface area contributed by atoms with E-state index in [1.807, 2.05) is 18.2 Å². The zero-order valence-electron chi connectivity index (χ0n) is 30.7. The molecule has 56 heavy (non-hydrogen) atoms. The lowest BCUT2D eigenvalue weighted by Crippen LogP contribution is -2.10. The Morgan fingerprint density at radius 1 is 0.250 bits per heavy atom. The highest BCUT2D eigenvalue weighted by Crippen LogP contribution is 2.39. The van der Waals surface area contributed by atoms with Gasteiger partial charge < -0.3 is 9.32 Å². The van der Waals surface area contributed by atoms with Crippen LogP contribution in [0.4, 0.5) is 17.1 Å². The highest BCUT2D eigenvalue weighted by molar-refractivity contribution is 5.89. The maximum absolute atomic E-state index is 6.21. The Labute approximate surface area is 327 Å². The van der Waals surface area contributed by atoms with Crippen LogP contribution in [0.2, 0.25) is 0 Å². The number of nitrogens with zero attached hydrogens (tertiary/aromatic N) is 1. The smallest absolute Gasteiger partial charge is 0.135 e. The van der Waals surface area contributed by atoms with E-state index in [4.69, 9.17) is 4.42 Å². The molecule has 0 N–H and O–H groups in total. The van der Waals surface area contributed by atoms with Crippen LogP contribution in [0.1, 0.15) is 0 Å². The Morgan fingerprint density at radius 2 is 0.714 bits per heavy atom. The van der Waals surface area contributed by atoms with Gasteiger partial charge in [0.2, 0.25) is 0 Å². The molecule has 0 unspecified atom stereocenters. The third-order valence-corrected chi connectivity index (χ3v) is 10.7. The summed E-state index contributed by atoms with van der Waals surface area (Å²) in [4.78, 5) is 2.35. The van der Waals surface area contributed by atoms with Gasteiger partial charge in [-0.3, -0.25) is 0 Å². The Morgan fingerprint density at radius 3 is 1.39 bits per heavy atom. The summed E-state index contributed by atoms with van der Waals surface area (Å²) in [5.41, 5.74) is 14.7. The van der Waals surface area contributed by atoms with Crippen molar-refractivity contribution in [2.24, 2.45) is 0 Å². The number of rotatable bonds is 8. The van der Waals surface area contributed by atoms with Crippen LogP contribution in [0.3, 0.4) is 0 Å². The van der Waals surface area contributed by atoms with Gasteiger partial charge in [0.15, 0.2) is 0 Å². The molecule has 9 aromatic carbocycles. The summed E-state index contributed by atoms with van der Waals surface area (Å²) in [5.74, 6) is 0.873. The first kappa shape index (κ1) is 33.2. The molecule has 0 bridgehead atoms. The number of hydrogen-bond acceptors (Lipinski definition) is 2. The summed E-state index contributed by atoms with van der Waals surface area (Å²) < 4.78 is 6.21. The van der Waals surface area contributed by atoms with E-state index in [0.717, 1.165) is 50.5 Å². The molecule has 264 valence electrons. The van der Waals surface area contributed by atoms with Crippen molar-refractivity contribution in [1.82, 2.24) is 0 Å². The fourth-order valence-electron chi connectivity index (χ4n) is 7.71. The van der Waals surface area contributed by atoms with Gasteiger partial charge in [0.25, 0.3) is 0 Å². The maximum atomic E-state index is 6.21. The number of anilines is 3. The largest absolute Gasteiger partial charge is 0.456 e. The van der Waals surface area contributed by atoms with Gasteiger partial charge in [-0.2, -0.15) is 0 Å². The highest BCUT2D eigenvalue weighted by atomic mass is 16.3. The molecule has 0 radical (unpaired) electrons. The van der Waals surface area contributed by atoms with E-state index in [-0.39, 0.29) is 0 Å². The molecule has 0 amide bonds. The minimum absolute atomic E-state index is 0.873. The summed E-state index contributed by atoms with van der Waals surface area (Å²) in [6, 6.07) is 80.1. The van der Waals surface area contributed by atoms with Crippen molar-refractivity contribution >= 4 is 38.8 Å². The number of benzene rings is 9. The maximum Gasteiger partial charge on any atom is 0.135 e. The summed E-state index contributed by atoms with van der Waals surface area (Å²) in [6.07, 6.45) is 0. The van der Waals surface area contributed by atoms with Gasteiger partial charge in [-0.25, -0.2) is 0 Å². The average molecular weight is 716 g/mol. The van der Waals surface area contributed by atoms with E-state index in [2.05, 4.69) is 211 Å². The zero-order valence-corrected chi connectivity index (χ0v) is 30.7. The molecule has 1 aromatic heterocycles. The summed E-state index contributed by atoms with van der Waals surface area (Å²) >= 11 is 0. The van der Waals surface area contributed by atoms with Gasteiger partial charge in [0.1, 0.15) is 11.3 Å². The van der Waals surface area contributed by atoms with Crippen molar-refractivity contribution in [2.75, 3.05) is 4.90 Å². The molecule has 0 fully saturated rings. The Bertz CT molecular complexity index is 2910. The van der Waals surface area contributed by atoms with Gasteiger partial charge in [-0.05, 0) is 116 Å². The number of para-hydroxylation sites is 1. The minimum Gasteiger partial charge on any atom is -0.456 e. The van der Waals surface area contributed by atoms with Crippen molar-refractivity contribution in [2.45, 2.75) is 0 Å². The van der Waals surface area contributed by atoms with Gasteiger partial charge in [-0.1, -0.05) is 164 Å². The SMILES string of the molecule is c1ccc(-c2ccc(-c3ccc(N(c4ccc(-c5cccc(-c6cc7ccccc7o6)c5)cc4)c4cccc(-c5ccc6ccccc6c5)c4)cc3)cc2)cc1. The molecule has 0 spiro atoms. The molecule has 0 aliphatic heterocycles. The minimum atomic E-state index is 0.873. The van der Waals surface area contributed by atoms with Crippen molar-refractivity contribution < 1.29 is 4.42 Å². The molecule has 0 aliphatic carbocycles. The second-order valence-electron chi connectivity index (χ2n) is 14.2. The van der Waals surface area contributed by atoms with Crippen molar-refractivity contribution in [3.63, 3.8) is 0 Å². The van der Waals surface area contributed by atoms with E-state index >= 15 is 0 Å². The van der Waals surface area contributed by atoms with Crippen LogP contribution in [0.5, 0.6) is 0 Å². The topological polar surface area (TPSA) is 16.4 Å².